The molecule has 3 rings (SSSR count). The van der Waals surface area contributed by atoms with Crippen LogP contribution in [0.2, 0.25) is 0 Å². The molecule has 2 aromatic rings. The van der Waals surface area contributed by atoms with E-state index in [1.54, 1.807) is 36.4 Å². The predicted molar refractivity (Wildman–Crippen MR) is 103 cm³/mol. The van der Waals surface area contributed by atoms with Crippen LogP contribution >= 0.6 is 24.0 Å². The van der Waals surface area contributed by atoms with Crippen molar-refractivity contribution in [3.05, 3.63) is 71.4 Å². The van der Waals surface area contributed by atoms with E-state index in [-0.39, 0.29) is 11.5 Å². The SMILES string of the molecule is C=CCN1C(=O)/C(=C/c2cccn2-c2ccc(C(=O)O)cc2)SC1=S. The van der Waals surface area contributed by atoms with Gasteiger partial charge in [0.25, 0.3) is 5.91 Å². The molecule has 5 nitrogen and oxygen atoms in total. The first-order valence-electron chi connectivity index (χ1n) is 7.38. The van der Waals surface area contributed by atoms with Gasteiger partial charge >= 0.3 is 5.97 Å². The highest BCUT2D eigenvalue weighted by molar-refractivity contribution is 8.26. The molecular weight excluding hydrogens is 356 g/mol. The van der Waals surface area contributed by atoms with Crippen molar-refractivity contribution in [1.29, 1.82) is 0 Å². The smallest absolute Gasteiger partial charge is 0.335 e. The molecule has 1 fully saturated rings. The molecule has 25 heavy (non-hydrogen) atoms. The van der Waals surface area contributed by atoms with E-state index in [0.717, 1.165) is 11.4 Å². The van der Waals surface area contributed by atoms with E-state index in [4.69, 9.17) is 17.3 Å². The van der Waals surface area contributed by atoms with Gasteiger partial charge in [0.15, 0.2) is 0 Å². The molecule has 2 heterocycles. The van der Waals surface area contributed by atoms with Crippen molar-refractivity contribution in [2.24, 2.45) is 0 Å². The summed E-state index contributed by atoms with van der Waals surface area (Å²) in [6, 6.07) is 10.3. The van der Waals surface area contributed by atoms with Crippen LogP contribution in [-0.4, -0.2) is 37.3 Å². The van der Waals surface area contributed by atoms with E-state index in [1.807, 2.05) is 22.9 Å². The van der Waals surface area contributed by atoms with E-state index >= 15 is 0 Å². The molecule has 1 aromatic heterocycles. The van der Waals surface area contributed by atoms with Gasteiger partial charge in [0.05, 0.1) is 10.5 Å². The van der Waals surface area contributed by atoms with Gasteiger partial charge in [0.1, 0.15) is 4.32 Å². The number of carboxylic acids is 1. The number of carbonyl (C=O) groups is 2. The molecule has 0 radical (unpaired) electrons. The van der Waals surface area contributed by atoms with Crippen LogP contribution in [0.15, 0.2) is 60.2 Å². The molecule has 1 amide bonds. The number of thioether (sulfide) groups is 1. The molecule has 1 N–H and O–H groups in total. The number of nitrogens with zero attached hydrogens (tertiary/aromatic N) is 2. The lowest BCUT2D eigenvalue weighted by atomic mass is 10.2. The van der Waals surface area contributed by atoms with Gasteiger partial charge in [0.2, 0.25) is 0 Å². The van der Waals surface area contributed by atoms with Gasteiger partial charge in [-0.2, -0.15) is 0 Å². The van der Waals surface area contributed by atoms with Crippen LogP contribution in [0.3, 0.4) is 0 Å². The zero-order chi connectivity index (χ0) is 18.0. The number of benzene rings is 1. The summed E-state index contributed by atoms with van der Waals surface area (Å²) < 4.78 is 2.39. The lowest BCUT2D eigenvalue weighted by Gasteiger charge is -2.10. The van der Waals surface area contributed by atoms with Crippen LogP contribution in [0.5, 0.6) is 0 Å². The Bertz CT molecular complexity index is 897. The van der Waals surface area contributed by atoms with Crippen LogP contribution in [0.1, 0.15) is 16.1 Å². The molecule has 1 aromatic carbocycles. The van der Waals surface area contributed by atoms with Crippen molar-refractivity contribution in [2.75, 3.05) is 6.54 Å². The van der Waals surface area contributed by atoms with E-state index in [1.165, 1.54) is 16.7 Å². The molecule has 0 saturated carbocycles. The van der Waals surface area contributed by atoms with Crippen molar-refractivity contribution in [2.45, 2.75) is 0 Å². The molecule has 7 heteroatoms. The average molecular weight is 370 g/mol. The number of aromatic carboxylic acids is 1. The van der Waals surface area contributed by atoms with Gasteiger partial charge in [0, 0.05) is 24.1 Å². The normalized spacial score (nSPS) is 15.8. The highest BCUT2D eigenvalue weighted by atomic mass is 32.2. The summed E-state index contributed by atoms with van der Waals surface area (Å²) in [5, 5.41) is 8.99. The third-order valence-electron chi connectivity index (χ3n) is 3.64. The van der Waals surface area contributed by atoms with Crippen molar-refractivity contribution in [3.8, 4) is 5.69 Å². The molecule has 0 aliphatic carbocycles. The molecule has 1 aliphatic heterocycles. The second-order valence-corrected chi connectivity index (χ2v) is 6.91. The summed E-state index contributed by atoms with van der Waals surface area (Å²) in [5.41, 5.74) is 1.84. The molecule has 0 bridgehead atoms. The Morgan fingerprint density at radius 1 is 1.28 bits per heavy atom. The van der Waals surface area contributed by atoms with Crippen molar-refractivity contribution in [1.82, 2.24) is 9.47 Å². The molecular formula is C18H14N2O3S2. The number of thiocarbonyl (C=S) groups is 1. The van der Waals surface area contributed by atoms with E-state index in [2.05, 4.69) is 6.58 Å². The van der Waals surface area contributed by atoms with Crippen LogP contribution in [-0.2, 0) is 4.79 Å². The van der Waals surface area contributed by atoms with E-state index in [0.29, 0.717) is 15.8 Å². The van der Waals surface area contributed by atoms with Crippen LogP contribution in [0.25, 0.3) is 11.8 Å². The third-order valence-corrected chi connectivity index (χ3v) is 5.01. The third kappa shape index (κ3) is 3.42. The number of carboxylic acid groups (broad SMARTS) is 1. The van der Waals surface area contributed by atoms with Crippen molar-refractivity contribution < 1.29 is 14.7 Å². The maximum absolute atomic E-state index is 12.4. The second kappa shape index (κ2) is 7.08. The van der Waals surface area contributed by atoms with Gasteiger partial charge in [-0.05, 0) is 42.5 Å². The number of carbonyl (C=O) groups excluding carboxylic acids is 1. The second-order valence-electron chi connectivity index (χ2n) is 5.24. The first-order chi connectivity index (χ1) is 12.0. The van der Waals surface area contributed by atoms with Crippen LogP contribution in [0.4, 0.5) is 0 Å². The van der Waals surface area contributed by atoms with Crippen molar-refractivity contribution >= 4 is 46.3 Å². The summed E-state index contributed by atoms with van der Waals surface area (Å²) in [4.78, 5) is 25.5. The number of aromatic nitrogens is 1. The molecule has 1 aliphatic rings. The lowest BCUT2D eigenvalue weighted by Crippen LogP contribution is -2.27. The van der Waals surface area contributed by atoms with Gasteiger partial charge in [-0.25, -0.2) is 4.79 Å². The zero-order valence-electron chi connectivity index (χ0n) is 13.1. The fourth-order valence-corrected chi connectivity index (χ4v) is 3.69. The Morgan fingerprint density at radius 3 is 2.64 bits per heavy atom. The highest BCUT2D eigenvalue weighted by Crippen LogP contribution is 2.32. The summed E-state index contributed by atoms with van der Waals surface area (Å²) in [5.74, 6) is -1.10. The van der Waals surface area contributed by atoms with E-state index < -0.39 is 5.97 Å². The van der Waals surface area contributed by atoms with Gasteiger partial charge in [-0.3, -0.25) is 9.69 Å². The molecule has 0 spiro atoms. The fourth-order valence-electron chi connectivity index (χ4n) is 2.43. The standard InChI is InChI=1S/C18H14N2O3S2/c1-2-9-20-16(21)15(25-18(20)24)11-14-4-3-10-19(14)13-7-5-12(6-8-13)17(22)23/h2-8,10-11H,1,9H2,(H,22,23)/b15-11-. The first kappa shape index (κ1) is 17.2. The number of hydrogen-bond acceptors (Lipinski definition) is 4. The summed E-state index contributed by atoms with van der Waals surface area (Å²) >= 11 is 6.50. The molecule has 0 unspecified atom stereocenters. The van der Waals surface area contributed by atoms with Gasteiger partial charge in [-0.15, -0.1) is 6.58 Å². The highest BCUT2D eigenvalue weighted by Gasteiger charge is 2.31. The monoisotopic (exact) mass is 370 g/mol. The topological polar surface area (TPSA) is 62.5 Å². The molecule has 1 saturated heterocycles. The lowest BCUT2D eigenvalue weighted by molar-refractivity contribution is -0.121. The van der Waals surface area contributed by atoms with Gasteiger partial charge in [-0.1, -0.05) is 30.1 Å². The minimum Gasteiger partial charge on any atom is -0.478 e. The molecule has 0 atom stereocenters. The number of rotatable bonds is 5. The minimum atomic E-state index is -0.967. The summed E-state index contributed by atoms with van der Waals surface area (Å²) in [6.07, 6.45) is 5.28. The van der Waals surface area contributed by atoms with Crippen molar-refractivity contribution in [3.63, 3.8) is 0 Å². The first-order valence-corrected chi connectivity index (χ1v) is 8.61. The van der Waals surface area contributed by atoms with Crippen LogP contribution < -0.4 is 0 Å². The Hall–Kier alpha value is -2.64. The quantitative estimate of drug-likeness (QED) is 0.495. The zero-order valence-corrected chi connectivity index (χ0v) is 14.7. The fraction of sp³-hybridized carbons (Fsp3) is 0.0556. The van der Waals surface area contributed by atoms with Gasteiger partial charge < -0.3 is 9.67 Å². The largest absolute Gasteiger partial charge is 0.478 e. The predicted octanol–water partition coefficient (Wildman–Crippen LogP) is 3.56. The number of hydrogen-bond donors (Lipinski definition) is 1. The Balaban J connectivity index is 1.92. The van der Waals surface area contributed by atoms with E-state index in [9.17, 15) is 9.59 Å². The number of amides is 1. The summed E-state index contributed by atoms with van der Waals surface area (Å²) in [7, 11) is 0. The maximum Gasteiger partial charge on any atom is 0.335 e. The Labute approximate surface area is 154 Å². The Kier molecular flexibility index (Phi) is 4.87. The Morgan fingerprint density at radius 2 is 2.00 bits per heavy atom. The average Bonchev–Trinajstić information content (AvgIpc) is 3.16. The molecule has 126 valence electrons. The maximum atomic E-state index is 12.4. The minimum absolute atomic E-state index is 0.135. The summed E-state index contributed by atoms with van der Waals surface area (Å²) in [6.45, 7) is 4.03. The van der Waals surface area contributed by atoms with Crippen LogP contribution in [0, 0.1) is 0 Å².